The number of guanidine groups is 1. The van der Waals surface area contributed by atoms with Crippen LogP contribution in [0.2, 0.25) is 0 Å². The van der Waals surface area contributed by atoms with Gasteiger partial charge in [-0.15, -0.1) is 0 Å². The van der Waals surface area contributed by atoms with Crippen LogP contribution in [0.1, 0.15) is 37.5 Å². The molecule has 0 saturated carbocycles. The lowest BCUT2D eigenvalue weighted by Crippen LogP contribution is -2.44. The minimum absolute atomic E-state index is 0.217. The summed E-state index contributed by atoms with van der Waals surface area (Å²) < 4.78 is 10.7. The quantitative estimate of drug-likeness (QED) is 0.411. The fourth-order valence-electron chi connectivity index (χ4n) is 4.13. The number of likely N-dealkylation sites (tertiary alicyclic amines) is 1. The molecule has 1 heterocycles. The van der Waals surface area contributed by atoms with Gasteiger partial charge in [0, 0.05) is 37.3 Å². The molecule has 0 amide bonds. The van der Waals surface area contributed by atoms with Crippen LogP contribution in [-0.4, -0.2) is 61.9 Å². The third-order valence-corrected chi connectivity index (χ3v) is 5.84. The van der Waals surface area contributed by atoms with Gasteiger partial charge in [0.05, 0.1) is 20.8 Å². The van der Waals surface area contributed by atoms with Gasteiger partial charge in [0.25, 0.3) is 0 Å². The van der Waals surface area contributed by atoms with Gasteiger partial charge in [0.15, 0.2) is 5.96 Å². The summed E-state index contributed by atoms with van der Waals surface area (Å²) in [5, 5.41) is 17.6. The van der Waals surface area contributed by atoms with Crippen molar-refractivity contribution < 1.29 is 14.6 Å². The van der Waals surface area contributed by atoms with Crippen LogP contribution in [-0.2, 0) is 6.54 Å². The molecule has 1 fully saturated rings. The molecule has 174 valence electrons. The summed E-state index contributed by atoms with van der Waals surface area (Å²) in [4.78, 5) is 7.14. The molecule has 3 rings (SSSR count). The third-order valence-electron chi connectivity index (χ3n) is 5.84. The number of aliphatic hydroxyl groups excluding tert-OH is 1. The summed E-state index contributed by atoms with van der Waals surface area (Å²) in [7, 11) is 3.20. The zero-order valence-corrected chi connectivity index (χ0v) is 19.5. The van der Waals surface area contributed by atoms with Gasteiger partial charge in [-0.25, -0.2) is 0 Å². The summed E-state index contributed by atoms with van der Waals surface area (Å²) in [6.07, 6.45) is 0.247. The van der Waals surface area contributed by atoms with Gasteiger partial charge >= 0.3 is 0 Å². The Morgan fingerprint density at radius 1 is 1.19 bits per heavy atom. The van der Waals surface area contributed by atoms with E-state index in [1.165, 1.54) is 5.56 Å². The molecule has 0 radical (unpaired) electrons. The van der Waals surface area contributed by atoms with E-state index in [1.54, 1.807) is 26.4 Å². The number of nitrogens with one attached hydrogen (secondary N) is 2. The van der Waals surface area contributed by atoms with Gasteiger partial charge < -0.3 is 25.2 Å². The summed E-state index contributed by atoms with van der Waals surface area (Å²) in [6, 6.07) is 16.8. The molecule has 7 heteroatoms. The largest absolute Gasteiger partial charge is 0.497 e. The molecule has 0 aliphatic carbocycles. The minimum Gasteiger partial charge on any atom is -0.497 e. The van der Waals surface area contributed by atoms with Crippen molar-refractivity contribution in [1.29, 1.82) is 0 Å². The van der Waals surface area contributed by atoms with Crippen LogP contribution in [0.25, 0.3) is 0 Å². The van der Waals surface area contributed by atoms with Crippen molar-refractivity contribution in [3.05, 3.63) is 59.7 Å². The van der Waals surface area contributed by atoms with E-state index < -0.39 is 6.10 Å². The average Bonchev–Trinajstić information content (AvgIpc) is 3.15. The summed E-state index contributed by atoms with van der Waals surface area (Å²) in [5.41, 5.74) is 1.99. The number of hydrogen-bond acceptors (Lipinski definition) is 5. The van der Waals surface area contributed by atoms with Crippen molar-refractivity contribution in [2.45, 2.75) is 45.0 Å². The van der Waals surface area contributed by atoms with E-state index in [0.29, 0.717) is 35.1 Å². The molecule has 7 nitrogen and oxygen atoms in total. The number of aliphatic hydroxyl groups is 1. The van der Waals surface area contributed by atoms with Gasteiger partial charge in [-0.3, -0.25) is 9.89 Å². The SMILES string of the molecule is CCNC(=NCC(O)c1cc(OC)ccc1OC)NC1CC(C)N(Cc2ccccc2)C1. The van der Waals surface area contributed by atoms with Crippen LogP contribution >= 0.6 is 0 Å². The minimum atomic E-state index is -0.799. The number of nitrogens with zero attached hydrogens (tertiary/aromatic N) is 2. The maximum Gasteiger partial charge on any atom is 0.191 e. The number of aliphatic imine (C=N–C) groups is 1. The highest BCUT2D eigenvalue weighted by Crippen LogP contribution is 2.29. The number of methoxy groups -OCH3 is 2. The summed E-state index contributed by atoms with van der Waals surface area (Å²) in [5.74, 6) is 2.01. The Hall–Kier alpha value is -2.77. The fourth-order valence-corrected chi connectivity index (χ4v) is 4.13. The topological polar surface area (TPSA) is 78.4 Å². The molecular weight excluding hydrogens is 404 g/mol. The normalized spacial score (nSPS) is 20.1. The molecule has 3 atom stereocenters. The van der Waals surface area contributed by atoms with E-state index >= 15 is 0 Å². The van der Waals surface area contributed by atoms with Crippen molar-refractivity contribution in [3.63, 3.8) is 0 Å². The summed E-state index contributed by atoms with van der Waals surface area (Å²) in [6.45, 7) is 7.18. The Labute approximate surface area is 191 Å². The molecule has 1 aliphatic heterocycles. The number of ether oxygens (including phenoxy) is 2. The van der Waals surface area contributed by atoms with Crippen molar-refractivity contribution in [2.75, 3.05) is 33.9 Å². The number of hydrogen-bond donors (Lipinski definition) is 3. The predicted octanol–water partition coefficient (Wildman–Crippen LogP) is 2.96. The first-order valence-corrected chi connectivity index (χ1v) is 11.3. The highest BCUT2D eigenvalue weighted by molar-refractivity contribution is 5.80. The Morgan fingerprint density at radius 3 is 2.66 bits per heavy atom. The Bertz CT molecular complexity index is 875. The molecule has 1 aliphatic rings. The van der Waals surface area contributed by atoms with Gasteiger partial charge in [0.1, 0.15) is 17.6 Å². The van der Waals surface area contributed by atoms with Crippen molar-refractivity contribution in [1.82, 2.24) is 15.5 Å². The molecule has 0 spiro atoms. The lowest BCUT2D eigenvalue weighted by Gasteiger charge is -2.21. The van der Waals surface area contributed by atoms with Crippen LogP contribution in [0.3, 0.4) is 0 Å². The second-order valence-corrected chi connectivity index (χ2v) is 8.18. The van der Waals surface area contributed by atoms with E-state index in [1.807, 2.05) is 13.0 Å². The van der Waals surface area contributed by atoms with E-state index in [9.17, 15) is 5.11 Å². The van der Waals surface area contributed by atoms with Crippen LogP contribution in [0.15, 0.2) is 53.5 Å². The molecule has 3 N–H and O–H groups in total. The van der Waals surface area contributed by atoms with E-state index in [0.717, 1.165) is 26.1 Å². The van der Waals surface area contributed by atoms with Crippen LogP contribution in [0.5, 0.6) is 11.5 Å². The first-order chi connectivity index (χ1) is 15.5. The van der Waals surface area contributed by atoms with Gasteiger partial charge in [0.2, 0.25) is 0 Å². The molecular formula is C25H36N4O3. The van der Waals surface area contributed by atoms with E-state index in [4.69, 9.17) is 9.47 Å². The van der Waals surface area contributed by atoms with Crippen LogP contribution in [0, 0.1) is 0 Å². The number of benzene rings is 2. The van der Waals surface area contributed by atoms with Crippen LogP contribution < -0.4 is 20.1 Å². The fraction of sp³-hybridized carbons (Fsp3) is 0.480. The lowest BCUT2D eigenvalue weighted by molar-refractivity contribution is 0.182. The van der Waals surface area contributed by atoms with Crippen LogP contribution in [0.4, 0.5) is 0 Å². The molecule has 1 saturated heterocycles. The Morgan fingerprint density at radius 2 is 1.97 bits per heavy atom. The number of rotatable bonds is 9. The van der Waals surface area contributed by atoms with Crippen molar-refractivity contribution in [2.24, 2.45) is 4.99 Å². The third kappa shape index (κ3) is 6.37. The Balaban J connectivity index is 1.63. The standard InChI is InChI=1S/C25H36N4O3/c1-5-26-25(27-15-23(30)22-14-21(31-3)11-12-24(22)32-4)28-20-13-18(2)29(17-20)16-19-9-7-6-8-10-19/h6-12,14,18,20,23,30H,5,13,15-17H2,1-4H3,(H2,26,27,28). The highest BCUT2D eigenvalue weighted by Gasteiger charge is 2.29. The van der Waals surface area contributed by atoms with Crippen molar-refractivity contribution in [3.8, 4) is 11.5 Å². The predicted molar refractivity (Wildman–Crippen MR) is 128 cm³/mol. The average molecular weight is 441 g/mol. The van der Waals surface area contributed by atoms with Gasteiger partial charge in [-0.05, 0) is 44.0 Å². The maximum absolute atomic E-state index is 10.8. The zero-order chi connectivity index (χ0) is 22.9. The van der Waals surface area contributed by atoms with E-state index in [2.05, 4.69) is 57.8 Å². The maximum atomic E-state index is 10.8. The van der Waals surface area contributed by atoms with Gasteiger partial charge in [-0.1, -0.05) is 30.3 Å². The molecule has 3 unspecified atom stereocenters. The molecule has 2 aromatic rings. The molecule has 2 aromatic carbocycles. The second kappa shape index (κ2) is 11.7. The van der Waals surface area contributed by atoms with Gasteiger partial charge in [-0.2, -0.15) is 0 Å². The second-order valence-electron chi connectivity index (χ2n) is 8.18. The Kier molecular flexibility index (Phi) is 8.76. The monoisotopic (exact) mass is 440 g/mol. The van der Waals surface area contributed by atoms with E-state index in [-0.39, 0.29) is 6.54 Å². The zero-order valence-electron chi connectivity index (χ0n) is 19.5. The smallest absolute Gasteiger partial charge is 0.191 e. The molecule has 0 bridgehead atoms. The first-order valence-electron chi connectivity index (χ1n) is 11.3. The van der Waals surface area contributed by atoms with Crippen molar-refractivity contribution >= 4 is 5.96 Å². The first kappa shape index (κ1) is 23.9. The highest BCUT2D eigenvalue weighted by atomic mass is 16.5. The molecule has 0 aromatic heterocycles. The lowest BCUT2D eigenvalue weighted by atomic mass is 10.1. The summed E-state index contributed by atoms with van der Waals surface area (Å²) >= 11 is 0. The molecule has 32 heavy (non-hydrogen) atoms.